The van der Waals surface area contributed by atoms with Gasteiger partial charge in [0.1, 0.15) is 5.76 Å². The van der Waals surface area contributed by atoms with Gasteiger partial charge in [-0.15, -0.1) is 0 Å². The van der Waals surface area contributed by atoms with Crippen LogP contribution < -0.4 is 11.3 Å². The number of amides is 1. The van der Waals surface area contributed by atoms with Crippen LogP contribution in [0, 0.1) is 0 Å². The molecular formula is C13H11N5O3S. The highest BCUT2D eigenvalue weighted by molar-refractivity contribution is 7.99. The van der Waals surface area contributed by atoms with Gasteiger partial charge in [-0.2, -0.15) is 0 Å². The summed E-state index contributed by atoms with van der Waals surface area (Å²) in [4.78, 5) is 35.9. The third-order valence-electron chi connectivity index (χ3n) is 2.80. The minimum atomic E-state index is -0.497. The van der Waals surface area contributed by atoms with Crippen LogP contribution in [0.5, 0.6) is 0 Å². The molecule has 0 aliphatic carbocycles. The van der Waals surface area contributed by atoms with Crippen LogP contribution in [0.4, 0.5) is 0 Å². The molecule has 0 unspecified atom stereocenters. The monoisotopic (exact) mass is 317 g/mol. The van der Waals surface area contributed by atoms with Crippen LogP contribution in [0.1, 0.15) is 5.76 Å². The average Bonchev–Trinajstić information content (AvgIpc) is 3.01. The highest BCUT2D eigenvalue weighted by Gasteiger charge is 2.15. The lowest BCUT2D eigenvalue weighted by atomic mass is 10.4. The van der Waals surface area contributed by atoms with Gasteiger partial charge in [0.05, 0.1) is 18.6 Å². The number of thioether (sulfide) groups is 1. The van der Waals surface area contributed by atoms with Crippen LogP contribution in [0.25, 0.3) is 11.2 Å². The summed E-state index contributed by atoms with van der Waals surface area (Å²) in [6, 6.07) is 3.47. The van der Waals surface area contributed by atoms with Crippen molar-refractivity contribution < 1.29 is 9.21 Å². The summed E-state index contributed by atoms with van der Waals surface area (Å²) in [5.74, 6) is 0.104. The number of primary amides is 1. The van der Waals surface area contributed by atoms with Crippen LogP contribution in [0.15, 0.2) is 45.2 Å². The number of hydrogen-bond donors (Lipinski definition) is 1. The second-order valence-electron chi connectivity index (χ2n) is 4.35. The molecule has 22 heavy (non-hydrogen) atoms. The van der Waals surface area contributed by atoms with Crippen molar-refractivity contribution >= 4 is 28.8 Å². The van der Waals surface area contributed by atoms with E-state index in [1.807, 2.05) is 0 Å². The Morgan fingerprint density at radius 1 is 1.36 bits per heavy atom. The molecule has 0 bridgehead atoms. The lowest BCUT2D eigenvalue weighted by Crippen LogP contribution is -2.25. The standard InChI is InChI=1S/C13H11N5O3S/c14-9(19)7-22-13-17-11-10(15-3-4-16-11)12(20)18(13)6-8-2-1-5-21-8/h1-5H,6-7H2,(H2,14,19). The molecule has 3 aromatic rings. The van der Waals surface area contributed by atoms with E-state index in [2.05, 4.69) is 15.0 Å². The van der Waals surface area contributed by atoms with Gasteiger partial charge in [-0.3, -0.25) is 14.2 Å². The Morgan fingerprint density at radius 2 is 2.18 bits per heavy atom. The van der Waals surface area contributed by atoms with Gasteiger partial charge in [-0.05, 0) is 12.1 Å². The predicted molar refractivity (Wildman–Crippen MR) is 79.3 cm³/mol. The molecule has 2 N–H and O–H groups in total. The molecule has 0 aliphatic heterocycles. The van der Waals surface area contributed by atoms with Crippen LogP contribution in [0.2, 0.25) is 0 Å². The van der Waals surface area contributed by atoms with Gasteiger partial charge in [0.2, 0.25) is 5.91 Å². The van der Waals surface area contributed by atoms with Crippen molar-refractivity contribution in [2.24, 2.45) is 5.73 Å². The number of fused-ring (bicyclic) bond motifs is 1. The normalized spacial score (nSPS) is 10.9. The van der Waals surface area contributed by atoms with Gasteiger partial charge >= 0.3 is 0 Å². The van der Waals surface area contributed by atoms with Crippen LogP contribution >= 0.6 is 11.8 Å². The molecule has 0 aliphatic rings. The first-order valence-electron chi connectivity index (χ1n) is 6.30. The molecule has 0 fully saturated rings. The molecule has 0 aromatic carbocycles. The van der Waals surface area contributed by atoms with E-state index < -0.39 is 5.91 Å². The molecule has 1 amide bonds. The third-order valence-corrected chi connectivity index (χ3v) is 3.80. The van der Waals surface area contributed by atoms with E-state index in [-0.39, 0.29) is 29.0 Å². The van der Waals surface area contributed by atoms with E-state index in [9.17, 15) is 9.59 Å². The second-order valence-corrected chi connectivity index (χ2v) is 5.29. The fourth-order valence-corrected chi connectivity index (χ4v) is 2.60. The fraction of sp³-hybridized carbons (Fsp3) is 0.154. The first-order valence-corrected chi connectivity index (χ1v) is 7.29. The summed E-state index contributed by atoms with van der Waals surface area (Å²) >= 11 is 1.07. The van der Waals surface area contributed by atoms with Gasteiger partial charge in [-0.25, -0.2) is 15.0 Å². The fourth-order valence-electron chi connectivity index (χ4n) is 1.87. The number of furan rings is 1. The van der Waals surface area contributed by atoms with E-state index >= 15 is 0 Å². The van der Waals surface area contributed by atoms with Crippen molar-refractivity contribution in [2.75, 3.05) is 5.75 Å². The SMILES string of the molecule is NC(=O)CSc1nc2nccnc2c(=O)n1Cc1ccco1. The zero-order valence-corrected chi connectivity index (χ0v) is 12.1. The average molecular weight is 317 g/mol. The summed E-state index contributed by atoms with van der Waals surface area (Å²) in [7, 11) is 0. The zero-order valence-electron chi connectivity index (χ0n) is 11.3. The molecule has 8 nitrogen and oxygen atoms in total. The molecular weight excluding hydrogens is 306 g/mol. The lowest BCUT2D eigenvalue weighted by Gasteiger charge is -2.10. The second kappa shape index (κ2) is 5.98. The van der Waals surface area contributed by atoms with E-state index in [1.165, 1.54) is 23.2 Å². The largest absolute Gasteiger partial charge is 0.467 e. The summed E-state index contributed by atoms with van der Waals surface area (Å²) in [6.07, 6.45) is 4.40. The number of carbonyl (C=O) groups excluding carboxylic acids is 1. The summed E-state index contributed by atoms with van der Waals surface area (Å²) in [6.45, 7) is 0.187. The molecule has 0 atom stereocenters. The van der Waals surface area contributed by atoms with E-state index in [0.717, 1.165) is 11.8 Å². The molecule has 0 saturated carbocycles. The Balaban J connectivity index is 2.12. The van der Waals surface area contributed by atoms with Crippen molar-refractivity contribution in [1.82, 2.24) is 19.5 Å². The predicted octanol–water partition coefficient (Wildman–Crippen LogP) is 0.405. The Labute approximate surface area is 128 Å². The number of hydrogen-bond acceptors (Lipinski definition) is 7. The highest BCUT2D eigenvalue weighted by Crippen LogP contribution is 2.17. The molecule has 3 aromatic heterocycles. The Bertz CT molecular complexity index is 875. The molecule has 0 spiro atoms. The lowest BCUT2D eigenvalue weighted by molar-refractivity contribution is -0.115. The van der Waals surface area contributed by atoms with Gasteiger partial charge in [0.25, 0.3) is 5.56 Å². The summed E-state index contributed by atoms with van der Waals surface area (Å²) < 4.78 is 6.65. The number of nitrogens with two attached hydrogens (primary N) is 1. The van der Waals surface area contributed by atoms with Crippen molar-refractivity contribution in [3.8, 4) is 0 Å². The zero-order chi connectivity index (χ0) is 15.5. The van der Waals surface area contributed by atoms with Crippen molar-refractivity contribution in [2.45, 2.75) is 11.7 Å². The first kappa shape index (κ1) is 14.3. The number of nitrogens with zero attached hydrogens (tertiary/aromatic N) is 4. The molecule has 0 radical (unpaired) electrons. The maximum absolute atomic E-state index is 12.6. The van der Waals surface area contributed by atoms with Crippen molar-refractivity contribution in [3.63, 3.8) is 0 Å². The molecule has 3 rings (SSSR count). The van der Waals surface area contributed by atoms with E-state index in [1.54, 1.807) is 12.1 Å². The third kappa shape index (κ3) is 2.84. The van der Waals surface area contributed by atoms with Crippen LogP contribution in [-0.4, -0.2) is 31.2 Å². The minimum Gasteiger partial charge on any atom is -0.467 e. The molecule has 3 heterocycles. The van der Waals surface area contributed by atoms with Crippen molar-refractivity contribution in [1.29, 1.82) is 0 Å². The summed E-state index contributed by atoms with van der Waals surface area (Å²) in [5, 5.41) is 0.341. The quantitative estimate of drug-likeness (QED) is 0.535. The maximum Gasteiger partial charge on any atom is 0.282 e. The van der Waals surface area contributed by atoms with Gasteiger partial charge in [0.15, 0.2) is 16.3 Å². The molecule has 9 heteroatoms. The Kier molecular flexibility index (Phi) is 3.88. The first-order chi connectivity index (χ1) is 10.6. The van der Waals surface area contributed by atoms with Gasteiger partial charge in [0, 0.05) is 12.4 Å². The van der Waals surface area contributed by atoms with E-state index in [0.29, 0.717) is 10.9 Å². The van der Waals surface area contributed by atoms with Crippen molar-refractivity contribution in [3.05, 3.63) is 46.9 Å². The number of carbonyl (C=O) groups is 1. The Hall–Kier alpha value is -2.68. The Morgan fingerprint density at radius 3 is 2.91 bits per heavy atom. The van der Waals surface area contributed by atoms with Gasteiger partial charge in [-0.1, -0.05) is 11.8 Å². The topological polar surface area (TPSA) is 117 Å². The van der Waals surface area contributed by atoms with Crippen LogP contribution in [-0.2, 0) is 11.3 Å². The summed E-state index contributed by atoms with van der Waals surface area (Å²) in [5.41, 5.74) is 5.21. The number of aromatic nitrogens is 4. The van der Waals surface area contributed by atoms with Crippen LogP contribution in [0.3, 0.4) is 0 Å². The highest BCUT2D eigenvalue weighted by atomic mass is 32.2. The smallest absolute Gasteiger partial charge is 0.282 e. The maximum atomic E-state index is 12.6. The molecule has 0 saturated heterocycles. The number of rotatable bonds is 5. The van der Waals surface area contributed by atoms with Gasteiger partial charge < -0.3 is 10.2 Å². The molecule has 112 valence electrons. The van der Waals surface area contributed by atoms with E-state index in [4.69, 9.17) is 10.2 Å². The minimum absolute atomic E-state index is 0.0103.